The molecule has 2 aromatic carbocycles. The maximum Gasteiger partial charge on any atom is 0.261 e. The third-order valence-electron chi connectivity index (χ3n) is 3.68. The largest absolute Gasteiger partial charge is 0.496 e. The number of aryl methyl sites for hydroxylation is 2. The van der Waals surface area contributed by atoms with Crippen molar-refractivity contribution in [2.75, 3.05) is 11.8 Å². The van der Waals surface area contributed by atoms with Crippen molar-refractivity contribution in [2.24, 2.45) is 0 Å². The zero-order valence-corrected chi connectivity index (χ0v) is 14.0. The van der Waals surface area contributed by atoms with E-state index >= 15 is 0 Å². The highest BCUT2D eigenvalue weighted by Crippen LogP contribution is 2.25. The fraction of sp³-hybridized carbons (Fsp3) is 0.176. The molecule has 0 spiro atoms. The standard InChI is InChI=1S/C17H18N2O3S/c1-11-8-15(5-7-17(11)22-3)23(20,21)19-14-4-6-16-13(10-14)9-12(2)18-16/h4-10,18-19H,1-3H3. The van der Waals surface area contributed by atoms with Gasteiger partial charge in [-0.05, 0) is 61.9 Å². The lowest BCUT2D eigenvalue weighted by molar-refractivity contribution is 0.411. The van der Waals surface area contributed by atoms with Crippen molar-refractivity contribution in [3.63, 3.8) is 0 Å². The molecule has 0 bridgehead atoms. The van der Waals surface area contributed by atoms with Gasteiger partial charge in [0.25, 0.3) is 10.0 Å². The topological polar surface area (TPSA) is 71.2 Å². The molecule has 0 amide bonds. The number of methoxy groups -OCH3 is 1. The second-order valence-corrected chi connectivity index (χ2v) is 7.17. The van der Waals surface area contributed by atoms with Gasteiger partial charge in [-0.1, -0.05) is 0 Å². The van der Waals surface area contributed by atoms with E-state index in [2.05, 4.69) is 9.71 Å². The van der Waals surface area contributed by atoms with Crippen molar-refractivity contribution < 1.29 is 13.2 Å². The number of fused-ring (bicyclic) bond motifs is 1. The summed E-state index contributed by atoms with van der Waals surface area (Å²) in [4.78, 5) is 3.42. The molecule has 23 heavy (non-hydrogen) atoms. The van der Waals surface area contributed by atoms with Gasteiger partial charge in [0.05, 0.1) is 12.0 Å². The van der Waals surface area contributed by atoms with Crippen LogP contribution in [0.4, 0.5) is 5.69 Å². The number of aromatic amines is 1. The fourth-order valence-corrected chi connectivity index (χ4v) is 3.71. The third-order valence-corrected chi connectivity index (χ3v) is 5.06. The number of aromatic nitrogens is 1. The van der Waals surface area contributed by atoms with Crippen LogP contribution in [0.25, 0.3) is 10.9 Å². The van der Waals surface area contributed by atoms with Gasteiger partial charge in [-0.2, -0.15) is 0 Å². The summed E-state index contributed by atoms with van der Waals surface area (Å²) in [5, 5.41) is 0.966. The fourth-order valence-electron chi connectivity index (χ4n) is 2.57. The number of hydrogen-bond acceptors (Lipinski definition) is 3. The van der Waals surface area contributed by atoms with E-state index in [4.69, 9.17) is 4.74 Å². The van der Waals surface area contributed by atoms with E-state index in [1.165, 1.54) is 6.07 Å². The summed E-state index contributed by atoms with van der Waals surface area (Å²) in [5.41, 5.74) is 3.31. The van der Waals surface area contributed by atoms with Crippen LogP contribution < -0.4 is 9.46 Å². The van der Waals surface area contributed by atoms with Gasteiger partial charge < -0.3 is 9.72 Å². The highest BCUT2D eigenvalue weighted by molar-refractivity contribution is 7.92. The lowest BCUT2D eigenvalue weighted by Gasteiger charge is -2.10. The first-order valence-electron chi connectivity index (χ1n) is 7.16. The second-order valence-electron chi connectivity index (χ2n) is 5.49. The normalized spacial score (nSPS) is 11.6. The van der Waals surface area contributed by atoms with Crippen LogP contribution >= 0.6 is 0 Å². The molecule has 1 aromatic heterocycles. The highest BCUT2D eigenvalue weighted by Gasteiger charge is 2.16. The van der Waals surface area contributed by atoms with Gasteiger partial charge in [0.2, 0.25) is 0 Å². The maximum atomic E-state index is 12.5. The molecule has 0 radical (unpaired) electrons. The minimum absolute atomic E-state index is 0.209. The molecular weight excluding hydrogens is 312 g/mol. The number of rotatable bonds is 4. The van der Waals surface area contributed by atoms with Crippen LogP contribution in [0.1, 0.15) is 11.3 Å². The highest BCUT2D eigenvalue weighted by atomic mass is 32.2. The van der Waals surface area contributed by atoms with Crippen molar-refractivity contribution in [3.8, 4) is 5.75 Å². The molecular formula is C17H18N2O3S. The number of benzene rings is 2. The molecule has 3 aromatic rings. The van der Waals surface area contributed by atoms with Gasteiger partial charge in [0.15, 0.2) is 0 Å². The molecule has 0 unspecified atom stereocenters. The number of anilines is 1. The Morgan fingerprint density at radius 3 is 2.52 bits per heavy atom. The van der Waals surface area contributed by atoms with Gasteiger partial charge in [-0.15, -0.1) is 0 Å². The predicted molar refractivity (Wildman–Crippen MR) is 91.6 cm³/mol. The number of hydrogen-bond donors (Lipinski definition) is 2. The van der Waals surface area contributed by atoms with E-state index in [1.54, 1.807) is 25.3 Å². The minimum atomic E-state index is -3.64. The minimum Gasteiger partial charge on any atom is -0.496 e. The summed E-state index contributed by atoms with van der Waals surface area (Å²) in [6.07, 6.45) is 0. The Labute approximate surface area is 135 Å². The lowest BCUT2D eigenvalue weighted by Crippen LogP contribution is -2.13. The molecule has 2 N–H and O–H groups in total. The Morgan fingerprint density at radius 1 is 1.04 bits per heavy atom. The molecule has 0 fully saturated rings. The van der Waals surface area contributed by atoms with Crippen LogP contribution in [0.2, 0.25) is 0 Å². The average Bonchev–Trinajstić information content (AvgIpc) is 2.86. The van der Waals surface area contributed by atoms with Gasteiger partial charge in [-0.25, -0.2) is 8.42 Å². The Hall–Kier alpha value is -2.47. The summed E-state index contributed by atoms with van der Waals surface area (Å²) in [6, 6.07) is 12.2. The first kappa shape index (κ1) is 15.4. The number of H-pyrrole nitrogens is 1. The van der Waals surface area contributed by atoms with Crippen LogP contribution in [-0.2, 0) is 10.0 Å². The quantitative estimate of drug-likeness (QED) is 0.768. The van der Waals surface area contributed by atoms with E-state index < -0.39 is 10.0 Å². The molecule has 6 heteroatoms. The van der Waals surface area contributed by atoms with Crippen molar-refractivity contribution in [1.82, 2.24) is 4.98 Å². The first-order valence-corrected chi connectivity index (χ1v) is 8.64. The molecule has 0 aliphatic heterocycles. The van der Waals surface area contributed by atoms with E-state index in [0.717, 1.165) is 22.2 Å². The summed E-state index contributed by atoms with van der Waals surface area (Å²) in [6.45, 7) is 3.77. The molecule has 5 nitrogen and oxygen atoms in total. The molecule has 0 saturated carbocycles. The molecule has 0 saturated heterocycles. The molecule has 120 valence electrons. The number of ether oxygens (including phenoxy) is 1. The smallest absolute Gasteiger partial charge is 0.261 e. The van der Waals surface area contributed by atoms with E-state index in [9.17, 15) is 8.42 Å². The lowest BCUT2D eigenvalue weighted by atomic mass is 10.2. The Morgan fingerprint density at radius 2 is 1.83 bits per heavy atom. The first-order chi connectivity index (χ1) is 10.9. The number of sulfonamides is 1. The van der Waals surface area contributed by atoms with Gasteiger partial charge in [0.1, 0.15) is 5.75 Å². The van der Waals surface area contributed by atoms with Crippen LogP contribution in [0.5, 0.6) is 5.75 Å². The molecule has 3 rings (SSSR count). The molecule has 0 aliphatic carbocycles. The summed E-state index contributed by atoms with van der Waals surface area (Å²) >= 11 is 0. The van der Waals surface area contributed by atoms with E-state index in [0.29, 0.717) is 11.4 Å². The van der Waals surface area contributed by atoms with E-state index in [-0.39, 0.29) is 4.90 Å². The van der Waals surface area contributed by atoms with Crippen molar-refractivity contribution in [2.45, 2.75) is 18.7 Å². The van der Waals surface area contributed by atoms with Crippen LogP contribution in [0.3, 0.4) is 0 Å². The van der Waals surface area contributed by atoms with Crippen LogP contribution in [-0.4, -0.2) is 20.5 Å². The summed E-state index contributed by atoms with van der Waals surface area (Å²) in [7, 11) is -2.08. The van der Waals surface area contributed by atoms with Crippen molar-refractivity contribution >= 4 is 26.6 Å². The summed E-state index contributed by atoms with van der Waals surface area (Å²) < 4.78 is 32.9. The SMILES string of the molecule is COc1ccc(S(=O)(=O)Nc2ccc3[nH]c(C)cc3c2)cc1C. The second kappa shape index (κ2) is 5.62. The molecule has 0 aliphatic rings. The molecule has 0 atom stereocenters. The average molecular weight is 330 g/mol. The van der Waals surface area contributed by atoms with Gasteiger partial charge in [-0.3, -0.25) is 4.72 Å². The molecule has 1 heterocycles. The maximum absolute atomic E-state index is 12.5. The summed E-state index contributed by atoms with van der Waals surface area (Å²) in [5.74, 6) is 0.660. The number of nitrogens with one attached hydrogen (secondary N) is 2. The predicted octanol–water partition coefficient (Wildman–Crippen LogP) is 3.59. The Balaban J connectivity index is 1.94. The Bertz CT molecular complexity index is 975. The van der Waals surface area contributed by atoms with Crippen molar-refractivity contribution in [3.05, 3.63) is 53.7 Å². The van der Waals surface area contributed by atoms with Crippen LogP contribution in [0, 0.1) is 13.8 Å². The zero-order valence-electron chi connectivity index (χ0n) is 13.2. The third kappa shape index (κ3) is 3.03. The zero-order chi connectivity index (χ0) is 16.6. The monoisotopic (exact) mass is 330 g/mol. The Kier molecular flexibility index (Phi) is 3.77. The van der Waals surface area contributed by atoms with Gasteiger partial charge >= 0.3 is 0 Å². The van der Waals surface area contributed by atoms with E-state index in [1.807, 2.05) is 32.0 Å². The van der Waals surface area contributed by atoms with Crippen molar-refractivity contribution in [1.29, 1.82) is 0 Å². The van der Waals surface area contributed by atoms with Gasteiger partial charge in [0, 0.05) is 22.3 Å². The van der Waals surface area contributed by atoms with Crippen LogP contribution in [0.15, 0.2) is 47.4 Å².